The van der Waals surface area contributed by atoms with E-state index in [1.165, 1.54) is 24.3 Å². The predicted molar refractivity (Wildman–Crippen MR) is 101 cm³/mol. The molecule has 0 heterocycles. The molecule has 0 radical (unpaired) electrons. The van der Waals surface area contributed by atoms with Crippen LogP contribution in [-0.2, 0) is 10.3 Å². The number of hydrogen-bond acceptors (Lipinski definition) is 3. The standard InChI is InChI=1S/C22H20F4N2O2/c1-14(16-2-4-18(23)5-3-16)8-20(29)28-21(6-7-21)17-9-15(12-27)10-19(11-17)30-13-22(24,25)26/h2-5,9-11,14H,6-8,13H2,1H3,(H,28,29). The molecule has 0 aromatic heterocycles. The van der Waals surface area contributed by atoms with E-state index >= 15 is 0 Å². The zero-order valence-electron chi connectivity index (χ0n) is 16.2. The minimum absolute atomic E-state index is 0.0680. The Morgan fingerprint density at radius 1 is 1.23 bits per heavy atom. The van der Waals surface area contributed by atoms with E-state index < -0.39 is 18.3 Å². The van der Waals surface area contributed by atoms with Gasteiger partial charge in [0.05, 0.1) is 17.2 Å². The van der Waals surface area contributed by atoms with Crippen molar-refractivity contribution >= 4 is 5.91 Å². The summed E-state index contributed by atoms with van der Waals surface area (Å²) in [5.41, 5.74) is 0.806. The second kappa shape index (κ2) is 8.34. The third-order valence-electron chi connectivity index (χ3n) is 5.05. The number of nitriles is 1. The highest BCUT2D eigenvalue weighted by atomic mass is 19.4. The number of alkyl halides is 3. The van der Waals surface area contributed by atoms with Crippen LogP contribution in [-0.4, -0.2) is 18.7 Å². The number of hydrogen-bond donors (Lipinski definition) is 1. The molecule has 1 N–H and O–H groups in total. The lowest BCUT2D eigenvalue weighted by Crippen LogP contribution is -2.35. The van der Waals surface area contributed by atoms with Gasteiger partial charge in [0.2, 0.25) is 5.91 Å². The Hall–Kier alpha value is -3.08. The van der Waals surface area contributed by atoms with E-state index in [0.29, 0.717) is 18.4 Å². The van der Waals surface area contributed by atoms with Gasteiger partial charge in [0, 0.05) is 6.42 Å². The molecule has 30 heavy (non-hydrogen) atoms. The second-order valence-corrected chi connectivity index (χ2v) is 7.55. The lowest BCUT2D eigenvalue weighted by molar-refractivity contribution is -0.153. The first-order chi connectivity index (χ1) is 14.1. The van der Waals surface area contributed by atoms with Gasteiger partial charge in [0.25, 0.3) is 0 Å². The van der Waals surface area contributed by atoms with Crippen molar-refractivity contribution < 1.29 is 27.1 Å². The molecular weight excluding hydrogens is 400 g/mol. The number of rotatable bonds is 7. The molecule has 3 rings (SSSR count). The number of ether oxygens (including phenoxy) is 1. The van der Waals surface area contributed by atoms with Crippen molar-refractivity contribution in [2.75, 3.05) is 6.61 Å². The number of halogens is 4. The van der Waals surface area contributed by atoms with Gasteiger partial charge in [-0.15, -0.1) is 0 Å². The van der Waals surface area contributed by atoms with Crippen LogP contribution in [0.1, 0.15) is 48.8 Å². The smallest absolute Gasteiger partial charge is 0.422 e. The molecule has 1 saturated carbocycles. The maximum atomic E-state index is 13.1. The van der Waals surface area contributed by atoms with Crippen molar-refractivity contribution in [3.63, 3.8) is 0 Å². The molecule has 4 nitrogen and oxygen atoms in total. The van der Waals surface area contributed by atoms with Crippen LogP contribution >= 0.6 is 0 Å². The highest BCUT2D eigenvalue weighted by Gasteiger charge is 2.46. The maximum absolute atomic E-state index is 13.1. The Labute approximate surface area is 171 Å². The summed E-state index contributed by atoms with van der Waals surface area (Å²) in [5.74, 6) is -0.795. The van der Waals surface area contributed by atoms with Gasteiger partial charge in [0.15, 0.2) is 6.61 Å². The van der Waals surface area contributed by atoms with Gasteiger partial charge in [-0.2, -0.15) is 18.4 Å². The average Bonchev–Trinajstić information content (AvgIpc) is 3.46. The summed E-state index contributed by atoms with van der Waals surface area (Å²) in [6.07, 6.45) is -3.11. The van der Waals surface area contributed by atoms with Crippen LogP contribution in [0, 0.1) is 17.1 Å². The van der Waals surface area contributed by atoms with Gasteiger partial charge in [-0.3, -0.25) is 4.79 Å². The molecule has 1 unspecified atom stereocenters. The highest BCUT2D eigenvalue weighted by Crippen LogP contribution is 2.47. The lowest BCUT2D eigenvalue weighted by atomic mass is 9.96. The number of amides is 1. The highest BCUT2D eigenvalue weighted by molar-refractivity contribution is 5.78. The monoisotopic (exact) mass is 420 g/mol. The molecule has 1 aliphatic rings. The summed E-state index contributed by atoms with van der Waals surface area (Å²) in [5, 5.41) is 12.2. The van der Waals surface area contributed by atoms with E-state index in [9.17, 15) is 27.6 Å². The SMILES string of the molecule is CC(CC(=O)NC1(c2cc(C#N)cc(OCC(F)(F)F)c2)CC1)c1ccc(F)cc1. The van der Waals surface area contributed by atoms with E-state index in [1.807, 2.05) is 13.0 Å². The molecule has 1 amide bonds. The minimum atomic E-state index is -4.50. The van der Waals surface area contributed by atoms with Crippen molar-refractivity contribution in [3.8, 4) is 11.8 Å². The van der Waals surface area contributed by atoms with Crippen molar-refractivity contribution in [1.29, 1.82) is 5.26 Å². The Morgan fingerprint density at radius 3 is 2.47 bits per heavy atom. The predicted octanol–water partition coefficient (Wildman–Crippen LogP) is 4.94. The Morgan fingerprint density at radius 2 is 1.90 bits per heavy atom. The minimum Gasteiger partial charge on any atom is -0.484 e. The fraction of sp³-hybridized carbons (Fsp3) is 0.364. The largest absolute Gasteiger partial charge is 0.484 e. The van der Waals surface area contributed by atoms with Crippen molar-refractivity contribution in [2.45, 2.75) is 43.8 Å². The molecule has 0 bridgehead atoms. The zero-order valence-corrected chi connectivity index (χ0v) is 16.2. The van der Waals surface area contributed by atoms with Gasteiger partial charge in [-0.1, -0.05) is 19.1 Å². The van der Waals surface area contributed by atoms with E-state index in [0.717, 1.165) is 5.56 Å². The van der Waals surface area contributed by atoms with Gasteiger partial charge >= 0.3 is 6.18 Å². The van der Waals surface area contributed by atoms with Crippen LogP contribution in [0.4, 0.5) is 17.6 Å². The molecule has 1 aliphatic carbocycles. The summed E-state index contributed by atoms with van der Waals surface area (Å²) in [6.45, 7) is 0.391. The zero-order chi connectivity index (χ0) is 21.9. The summed E-state index contributed by atoms with van der Waals surface area (Å²) < 4.78 is 55.2. The average molecular weight is 420 g/mol. The van der Waals surface area contributed by atoms with Crippen LogP contribution in [0.15, 0.2) is 42.5 Å². The van der Waals surface area contributed by atoms with E-state index in [2.05, 4.69) is 5.32 Å². The van der Waals surface area contributed by atoms with Crippen LogP contribution in [0.3, 0.4) is 0 Å². The molecule has 1 fully saturated rings. The summed E-state index contributed by atoms with van der Waals surface area (Å²) in [6, 6.07) is 12.1. The van der Waals surface area contributed by atoms with E-state index in [4.69, 9.17) is 4.74 Å². The molecule has 2 aromatic carbocycles. The fourth-order valence-corrected chi connectivity index (χ4v) is 3.30. The molecule has 8 heteroatoms. The topological polar surface area (TPSA) is 62.1 Å². The van der Waals surface area contributed by atoms with E-state index in [1.54, 1.807) is 18.2 Å². The lowest BCUT2D eigenvalue weighted by Gasteiger charge is -2.21. The molecule has 1 atom stereocenters. The Balaban J connectivity index is 1.71. The first-order valence-electron chi connectivity index (χ1n) is 9.42. The quantitative estimate of drug-likeness (QED) is 0.646. The van der Waals surface area contributed by atoms with Crippen molar-refractivity contribution in [3.05, 3.63) is 65.0 Å². The van der Waals surface area contributed by atoms with Gasteiger partial charge in [-0.05, 0) is 60.2 Å². The molecule has 0 aliphatic heterocycles. The molecule has 2 aromatic rings. The Bertz CT molecular complexity index is 961. The second-order valence-electron chi connectivity index (χ2n) is 7.55. The summed E-state index contributed by atoms with van der Waals surface area (Å²) in [7, 11) is 0. The fourth-order valence-electron chi connectivity index (χ4n) is 3.30. The molecular formula is C22H20F4N2O2. The maximum Gasteiger partial charge on any atom is 0.422 e. The van der Waals surface area contributed by atoms with Gasteiger partial charge in [0.1, 0.15) is 11.6 Å². The van der Waals surface area contributed by atoms with Crippen LogP contribution in [0.5, 0.6) is 5.75 Å². The van der Waals surface area contributed by atoms with Crippen LogP contribution in [0.2, 0.25) is 0 Å². The Kier molecular flexibility index (Phi) is 6.01. The molecule has 0 spiro atoms. The van der Waals surface area contributed by atoms with E-state index in [-0.39, 0.29) is 35.4 Å². The first-order valence-corrected chi connectivity index (χ1v) is 9.42. The summed E-state index contributed by atoms with van der Waals surface area (Å²) in [4.78, 5) is 12.6. The number of nitrogens with one attached hydrogen (secondary N) is 1. The number of carbonyl (C=O) groups excluding carboxylic acids is 1. The third kappa shape index (κ3) is 5.50. The van der Waals surface area contributed by atoms with Gasteiger partial charge < -0.3 is 10.1 Å². The number of nitrogens with zero attached hydrogens (tertiary/aromatic N) is 1. The number of carbonyl (C=O) groups is 1. The normalized spacial score (nSPS) is 15.7. The first kappa shape index (κ1) is 21.6. The number of benzene rings is 2. The van der Waals surface area contributed by atoms with Crippen LogP contribution in [0.25, 0.3) is 0 Å². The molecule has 0 saturated heterocycles. The summed E-state index contributed by atoms with van der Waals surface area (Å²) >= 11 is 0. The molecule has 158 valence electrons. The third-order valence-corrected chi connectivity index (χ3v) is 5.05. The van der Waals surface area contributed by atoms with Crippen molar-refractivity contribution in [2.24, 2.45) is 0 Å². The van der Waals surface area contributed by atoms with Crippen molar-refractivity contribution in [1.82, 2.24) is 5.32 Å². The van der Waals surface area contributed by atoms with Crippen LogP contribution < -0.4 is 10.1 Å². The van der Waals surface area contributed by atoms with Gasteiger partial charge in [-0.25, -0.2) is 4.39 Å².